The lowest BCUT2D eigenvalue weighted by molar-refractivity contribution is -0.129. The van der Waals surface area contributed by atoms with E-state index in [0.717, 1.165) is 11.3 Å². The van der Waals surface area contributed by atoms with Crippen LogP contribution in [-0.2, 0) is 11.3 Å². The van der Waals surface area contributed by atoms with Crippen LogP contribution in [-0.4, -0.2) is 38.1 Å². The third kappa shape index (κ3) is 5.38. The van der Waals surface area contributed by atoms with Crippen molar-refractivity contribution in [2.24, 2.45) is 0 Å². The van der Waals surface area contributed by atoms with Crippen LogP contribution in [0.1, 0.15) is 12.5 Å². The standard InChI is InChI=1S/C13H20N2O2.ClH/c1-4-17-12-7-5-11(6-8-12)10-15(3)13(16)9-14-2;/h5-8,14H,4,9-10H2,1-3H3;1H. The van der Waals surface area contributed by atoms with Crippen LogP contribution in [0.15, 0.2) is 24.3 Å². The van der Waals surface area contributed by atoms with E-state index in [2.05, 4.69) is 5.32 Å². The van der Waals surface area contributed by atoms with E-state index >= 15 is 0 Å². The second kappa shape index (κ2) is 8.78. The van der Waals surface area contributed by atoms with E-state index in [-0.39, 0.29) is 18.3 Å². The summed E-state index contributed by atoms with van der Waals surface area (Å²) >= 11 is 0. The summed E-state index contributed by atoms with van der Waals surface area (Å²) in [6.07, 6.45) is 0. The monoisotopic (exact) mass is 272 g/mol. The maximum Gasteiger partial charge on any atom is 0.236 e. The summed E-state index contributed by atoms with van der Waals surface area (Å²) in [5.74, 6) is 0.946. The number of likely N-dealkylation sites (N-methyl/N-ethyl adjacent to an activating group) is 2. The molecule has 0 aliphatic carbocycles. The molecule has 0 radical (unpaired) electrons. The molecule has 18 heavy (non-hydrogen) atoms. The predicted octanol–water partition coefficient (Wildman–Crippen LogP) is 1.68. The zero-order valence-corrected chi connectivity index (χ0v) is 11.9. The highest BCUT2D eigenvalue weighted by Gasteiger charge is 2.07. The van der Waals surface area contributed by atoms with Crippen LogP contribution in [0.2, 0.25) is 0 Å². The summed E-state index contributed by atoms with van der Waals surface area (Å²) in [5.41, 5.74) is 1.10. The number of benzene rings is 1. The Labute approximate surface area is 115 Å². The molecule has 0 aliphatic heterocycles. The summed E-state index contributed by atoms with van der Waals surface area (Å²) < 4.78 is 5.36. The van der Waals surface area contributed by atoms with Crippen LogP contribution in [0.4, 0.5) is 0 Å². The van der Waals surface area contributed by atoms with Gasteiger partial charge in [0, 0.05) is 13.6 Å². The molecule has 1 rings (SSSR count). The van der Waals surface area contributed by atoms with Gasteiger partial charge in [-0.25, -0.2) is 0 Å². The molecule has 4 nitrogen and oxygen atoms in total. The van der Waals surface area contributed by atoms with Gasteiger partial charge in [0.15, 0.2) is 0 Å². The second-order valence-corrected chi connectivity index (χ2v) is 3.86. The molecule has 0 bridgehead atoms. The van der Waals surface area contributed by atoms with E-state index in [4.69, 9.17) is 4.74 Å². The number of hydrogen-bond donors (Lipinski definition) is 1. The lowest BCUT2D eigenvalue weighted by atomic mass is 10.2. The van der Waals surface area contributed by atoms with Gasteiger partial charge >= 0.3 is 0 Å². The van der Waals surface area contributed by atoms with E-state index in [1.165, 1.54) is 0 Å². The van der Waals surface area contributed by atoms with Crippen molar-refractivity contribution >= 4 is 18.3 Å². The third-order valence-corrected chi connectivity index (χ3v) is 2.41. The third-order valence-electron chi connectivity index (χ3n) is 2.41. The Morgan fingerprint density at radius 1 is 1.33 bits per heavy atom. The molecule has 102 valence electrons. The van der Waals surface area contributed by atoms with Crippen molar-refractivity contribution in [2.45, 2.75) is 13.5 Å². The largest absolute Gasteiger partial charge is 0.494 e. The Balaban J connectivity index is 0.00000289. The molecule has 1 aromatic carbocycles. The molecule has 0 saturated heterocycles. The normalized spacial score (nSPS) is 9.50. The van der Waals surface area contributed by atoms with Crippen LogP contribution in [0.25, 0.3) is 0 Å². The van der Waals surface area contributed by atoms with Gasteiger partial charge < -0.3 is 15.0 Å². The number of hydrogen-bond acceptors (Lipinski definition) is 3. The number of ether oxygens (including phenoxy) is 1. The van der Waals surface area contributed by atoms with Gasteiger partial charge in [-0.15, -0.1) is 12.4 Å². The van der Waals surface area contributed by atoms with Crippen molar-refractivity contribution in [3.05, 3.63) is 29.8 Å². The Morgan fingerprint density at radius 3 is 2.44 bits per heavy atom. The second-order valence-electron chi connectivity index (χ2n) is 3.86. The van der Waals surface area contributed by atoms with Crippen molar-refractivity contribution in [1.82, 2.24) is 10.2 Å². The number of carbonyl (C=O) groups is 1. The quantitative estimate of drug-likeness (QED) is 0.857. The fourth-order valence-electron chi connectivity index (χ4n) is 1.51. The van der Waals surface area contributed by atoms with E-state index in [9.17, 15) is 4.79 Å². The van der Waals surface area contributed by atoms with Crippen LogP contribution < -0.4 is 10.1 Å². The van der Waals surface area contributed by atoms with Gasteiger partial charge in [0.2, 0.25) is 5.91 Å². The summed E-state index contributed by atoms with van der Waals surface area (Å²) in [6.45, 7) is 3.61. The number of nitrogens with zero attached hydrogens (tertiary/aromatic N) is 1. The number of nitrogens with one attached hydrogen (secondary N) is 1. The lowest BCUT2D eigenvalue weighted by Gasteiger charge is -2.17. The zero-order valence-electron chi connectivity index (χ0n) is 11.1. The Morgan fingerprint density at radius 2 is 1.94 bits per heavy atom. The van der Waals surface area contributed by atoms with Crippen LogP contribution >= 0.6 is 12.4 Å². The maximum atomic E-state index is 11.6. The SMILES string of the molecule is CCOc1ccc(CN(C)C(=O)CNC)cc1.Cl. The summed E-state index contributed by atoms with van der Waals surface area (Å²) in [5, 5.41) is 2.85. The highest BCUT2D eigenvalue weighted by atomic mass is 35.5. The zero-order chi connectivity index (χ0) is 12.7. The van der Waals surface area contributed by atoms with Gasteiger partial charge in [-0.2, -0.15) is 0 Å². The van der Waals surface area contributed by atoms with Gasteiger partial charge in [0.05, 0.1) is 13.2 Å². The minimum absolute atomic E-state index is 0. The molecule has 0 aliphatic rings. The topological polar surface area (TPSA) is 41.6 Å². The fraction of sp³-hybridized carbons (Fsp3) is 0.462. The van der Waals surface area contributed by atoms with Crippen LogP contribution in [0, 0.1) is 0 Å². The maximum absolute atomic E-state index is 11.6. The molecule has 0 unspecified atom stereocenters. The lowest BCUT2D eigenvalue weighted by Crippen LogP contribution is -2.33. The summed E-state index contributed by atoms with van der Waals surface area (Å²) in [6, 6.07) is 7.81. The molecule has 0 aromatic heterocycles. The van der Waals surface area contributed by atoms with Crippen LogP contribution in [0.5, 0.6) is 5.75 Å². The first-order chi connectivity index (χ1) is 8.17. The van der Waals surface area contributed by atoms with Gasteiger partial charge in [-0.3, -0.25) is 4.79 Å². The predicted molar refractivity (Wildman–Crippen MR) is 75.3 cm³/mol. The molecule has 0 atom stereocenters. The Hall–Kier alpha value is -1.26. The molecule has 1 aromatic rings. The highest BCUT2D eigenvalue weighted by Crippen LogP contribution is 2.13. The van der Waals surface area contributed by atoms with Gasteiger partial charge in [-0.1, -0.05) is 12.1 Å². The first kappa shape index (κ1) is 16.7. The molecule has 5 heteroatoms. The van der Waals surface area contributed by atoms with Crippen molar-refractivity contribution in [1.29, 1.82) is 0 Å². The molecule has 0 spiro atoms. The van der Waals surface area contributed by atoms with Crippen molar-refractivity contribution in [3.63, 3.8) is 0 Å². The minimum Gasteiger partial charge on any atom is -0.494 e. The minimum atomic E-state index is 0. The van der Waals surface area contributed by atoms with Crippen molar-refractivity contribution in [3.8, 4) is 5.75 Å². The van der Waals surface area contributed by atoms with Gasteiger partial charge in [0.25, 0.3) is 0 Å². The van der Waals surface area contributed by atoms with E-state index < -0.39 is 0 Å². The average molecular weight is 273 g/mol. The smallest absolute Gasteiger partial charge is 0.236 e. The number of carbonyl (C=O) groups excluding carboxylic acids is 1. The number of rotatable bonds is 6. The first-order valence-corrected chi connectivity index (χ1v) is 5.77. The van der Waals surface area contributed by atoms with E-state index in [1.807, 2.05) is 31.2 Å². The first-order valence-electron chi connectivity index (χ1n) is 5.77. The van der Waals surface area contributed by atoms with E-state index in [1.54, 1.807) is 19.0 Å². The molecule has 0 fully saturated rings. The van der Waals surface area contributed by atoms with E-state index in [0.29, 0.717) is 19.7 Å². The molecule has 0 heterocycles. The van der Waals surface area contributed by atoms with Gasteiger partial charge in [-0.05, 0) is 31.7 Å². The fourth-order valence-corrected chi connectivity index (χ4v) is 1.51. The van der Waals surface area contributed by atoms with Crippen molar-refractivity contribution < 1.29 is 9.53 Å². The Kier molecular flexibility index (Phi) is 8.16. The Bertz CT molecular complexity index is 355. The molecule has 1 N–H and O–H groups in total. The van der Waals surface area contributed by atoms with Crippen LogP contribution in [0.3, 0.4) is 0 Å². The summed E-state index contributed by atoms with van der Waals surface area (Å²) in [4.78, 5) is 13.3. The molecular weight excluding hydrogens is 252 g/mol. The molecule has 0 saturated carbocycles. The van der Waals surface area contributed by atoms with Gasteiger partial charge in [0.1, 0.15) is 5.75 Å². The average Bonchev–Trinajstić information content (AvgIpc) is 2.32. The number of halogens is 1. The molecular formula is C13H21ClN2O2. The number of amides is 1. The van der Waals surface area contributed by atoms with Crippen molar-refractivity contribution in [2.75, 3.05) is 27.2 Å². The highest BCUT2D eigenvalue weighted by molar-refractivity contribution is 5.85. The summed E-state index contributed by atoms with van der Waals surface area (Å²) in [7, 11) is 3.57. The molecule has 1 amide bonds.